The maximum absolute atomic E-state index is 10.6. The van der Waals surface area contributed by atoms with Crippen LogP contribution in [0.3, 0.4) is 0 Å². The van der Waals surface area contributed by atoms with Crippen LogP contribution in [0, 0.1) is 10.1 Å². The van der Waals surface area contributed by atoms with Crippen molar-refractivity contribution in [1.29, 1.82) is 0 Å². The Labute approximate surface area is 98.8 Å². The number of nitrogens with zero attached hydrogens (tertiary/aromatic N) is 1. The number of hydrogen-bond donors (Lipinski definition) is 1. The smallest absolute Gasteiger partial charge is 0.269 e. The van der Waals surface area contributed by atoms with Gasteiger partial charge in [0.1, 0.15) is 0 Å². The van der Waals surface area contributed by atoms with Gasteiger partial charge in [0.15, 0.2) is 0 Å². The van der Waals surface area contributed by atoms with Gasteiger partial charge in [-0.1, -0.05) is 11.6 Å². The lowest BCUT2D eigenvalue weighted by Gasteiger charge is -2.11. The minimum absolute atomic E-state index is 0.0853. The van der Waals surface area contributed by atoms with Gasteiger partial charge in [0, 0.05) is 29.2 Å². The molecule has 0 aliphatic heterocycles. The molecule has 1 saturated carbocycles. The van der Waals surface area contributed by atoms with E-state index in [1.807, 2.05) is 0 Å². The highest BCUT2D eigenvalue weighted by Crippen LogP contribution is 2.35. The second-order valence-electron chi connectivity index (χ2n) is 4.45. The summed E-state index contributed by atoms with van der Waals surface area (Å²) >= 11 is 5.99. The van der Waals surface area contributed by atoms with Crippen LogP contribution >= 0.6 is 11.6 Å². The third-order valence-electron chi connectivity index (χ3n) is 2.95. The van der Waals surface area contributed by atoms with Gasteiger partial charge in [-0.15, -0.1) is 0 Å². The second kappa shape index (κ2) is 4.03. The van der Waals surface area contributed by atoms with Gasteiger partial charge in [0.2, 0.25) is 0 Å². The molecule has 0 heterocycles. The SMILES string of the molecule is CC1(NCc2cc([N+](=O)[O-])ccc2Cl)CC1. The van der Waals surface area contributed by atoms with E-state index in [1.54, 1.807) is 6.07 Å². The minimum atomic E-state index is -0.404. The fourth-order valence-electron chi connectivity index (χ4n) is 1.48. The summed E-state index contributed by atoms with van der Waals surface area (Å²) in [6, 6.07) is 4.53. The highest BCUT2D eigenvalue weighted by molar-refractivity contribution is 6.31. The lowest BCUT2D eigenvalue weighted by atomic mass is 10.2. The lowest BCUT2D eigenvalue weighted by Crippen LogP contribution is -2.27. The molecule has 1 N–H and O–H groups in total. The van der Waals surface area contributed by atoms with Crippen molar-refractivity contribution >= 4 is 17.3 Å². The first-order valence-corrected chi connectivity index (χ1v) is 5.56. The Balaban J connectivity index is 2.12. The van der Waals surface area contributed by atoms with Gasteiger partial charge in [-0.05, 0) is 31.4 Å². The molecule has 1 aliphatic rings. The first-order valence-electron chi connectivity index (χ1n) is 5.18. The summed E-state index contributed by atoms with van der Waals surface area (Å²) in [7, 11) is 0. The zero-order valence-electron chi connectivity index (χ0n) is 9.00. The fraction of sp³-hybridized carbons (Fsp3) is 0.455. The summed E-state index contributed by atoms with van der Waals surface area (Å²) in [5, 5.41) is 14.5. The Morgan fingerprint density at radius 2 is 2.25 bits per heavy atom. The molecule has 1 aromatic rings. The Bertz CT molecular complexity index is 430. The van der Waals surface area contributed by atoms with Crippen LogP contribution < -0.4 is 5.32 Å². The van der Waals surface area contributed by atoms with Gasteiger partial charge < -0.3 is 5.32 Å². The highest BCUT2D eigenvalue weighted by atomic mass is 35.5. The molecule has 2 rings (SSSR count). The van der Waals surface area contributed by atoms with E-state index < -0.39 is 4.92 Å². The number of nitro groups is 1. The van der Waals surface area contributed by atoms with Gasteiger partial charge in [0.05, 0.1) is 4.92 Å². The minimum Gasteiger partial charge on any atom is -0.307 e. The second-order valence-corrected chi connectivity index (χ2v) is 4.85. The zero-order chi connectivity index (χ0) is 11.8. The number of rotatable bonds is 4. The van der Waals surface area contributed by atoms with Crippen molar-refractivity contribution in [3.63, 3.8) is 0 Å². The van der Waals surface area contributed by atoms with Crippen molar-refractivity contribution in [2.75, 3.05) is 0 Å². The topological polar surface area (TPSA) is 55.2 Å². The van der Waals surface area contributed by atoms with Gasteiger partial charge in [0.25, 0.3) is 5.69 Å². The van der Waals surface area contributed by atoms with Crippen LogP contribution in [0.4, 0.5) is 5.69 Å². The van der Waals surface area contributed by atoms with Crippen LogP contribution in [0.15, 0.2) is 18.2 Å². The Kier molecular flexibility index (Phi) is 2.86. The number of nitro benzene ring substituents is 1. The van der Waals surface area contributed by atoms with Crippen LogP contribution in [0.2, 0.25) is 5.02 Å². The number of benzene rings is 1. The van der Waals surface area contributed by atoms with E-state index in [0.29, 0.717) is 11.6 Å². The zero-order valence-corrected chi connectivity index (χ0v) is 9.75. The highest BCUT2D eigenvalue weighted by Gasteiger charge is 2.36. The van der Waals surface area contributed by atoms with E-state index in [9.17, 15) is 10.1 Å². The number of non-ortho nitro benzene ring substituents is 1. The molecule has 1 fully saturated rings. The molecule has 0 radical (unpaired) electrons. The Morgan fingerprint density at radius 3 is 2.81 bits per heavy atom. The van der Waals surface area contributed by atoms with Gasteiger partial charge in [-0.25, -0.2) is 0 Å². The van der Waals surface area contributed by atoms with Crippen molar-refractivity contribution in [3.8, 4) is 0 Å². The average Bonchev–Trinajstić information content (AvgIpc) is 2.95. The van der Waals surface area contributed by atoms with E-state index in [4.69, 9.17) is 11.6 Å². The fourth-order valence-corrected chi connectivity index (χ4v) is 1.67. The van der Waals surface area contributed by atoms with Gasteiger partial charge in [-0.3, -0.25) is 10.1 Å². The molecule has 0 aromatic heterocycles. The summed E-state index contributed by atoms with van der Waals surface area (Å²) in [5.41, 5.74) is 1.07. The third kappa shape index (κ3) is 2.51. The summed E-state index contributed by atoms with van der Waals surface area (Å²) in [6.45, 7) is 2.72. The lowest BCUT2D eigenvalue weighted by molar-refractivity contribution is -0.384. The molecule has 86 valence electrons. The van der Waals surface area contributed by atoms with Crippen molar-refractivity contribution < 1.29 is 4.92 Å². The van der Waals surface area contributed by atoms with Crippen LogP contribution in [0.1, 0.15) is 25.3 Å². The van der Waals surface area contributed by atoms with E-state index in [-0.39, 0.29) is 11.2 Å². The molecule has 5 heteroatoms. The number of nitrogens with one attached hydrogen (secondary N) is 1. The maximum Gasteiger partial charge on any atom is 0.269 e. The quantitative estimate of drug-likeness (QED) is 0.650. The first-order chi connectivity index (χ1) is 7.50. The van der Waals surface area contributed by atoms with Crippen molar-refractivity contribution in [2.24, 2.45) is 0 Å². The predicted octanol–water partition coefficient (Wildman–Crippen LogP) is 2.89. The summed E-state index contributed by atoms with van der Waals surface area (Å²) < 4.78 is 0. The summed E-state index contributed by atoms with van der Waals surface area (Å²) in [5.74, 6) is 0. The molecule has 0 unspecified atom stereocenters. The molecular formula is C11H13ClN2O2. The molecular weight excluding hydrogens is 228 g/mol. The summed E-state index contributed by atoms with van der Waals surface area (Å²) in [4.78, 5) is 10.2. The molecule has 16 heavy (non-hydrogen) atoms. The van der Waals surface area contributed by atoms with Crippen molar-refractivity contribution in [3.05, 3.63) is 38.9 Å². The Morgan fingerprint density at radius 1 is 1.56 bits per heavy atom. The largest absolute Gasteiger partial charge is 0.307 e. The summed E-state index contributed by atoms with van der Waals surface area (Å²) in [6.07, 6.45) is 2.30. The molecule has 0 atom stereocenters. The molecule has 4 nitrogen and oxygen atoms in total. The third-order valence-corrected chi connectivity index (χ3v) is 3.31. The van der Waals surface area contributed by atoms with Gasteiger partial charge in [-0.2, -0.15) is 0 Å². The van der Waals surface area contributed by atoms with Crippen molar-refractivity contribution in [1.82, 2.24) is 5.32 Å². The van der Waals surface area contributed by atoms with Crippen LogP contribution in [0.5, 0.6) is 0 Å². The molecule has 0 spiro atoms. The van der Waals surface area contributed by atoms with Crippen LogP contribution in [-0.4, -0.2) is 10.5 Å². The van der Waals surface area contributed by atoms with Crippen LogP contribution in [0.25, 0.3) is 0 Å². The molecule has 1 aliphatic carbocycles. The maximum atomic E-state index is 10.6. The van der Waals surface area contributed by atoms with Crippen LogP contribution in [-0.2, 0) is 6.54 Å². The van der Waals surface area contributed by atoms with Gasteiger partial charge >= 0.3 is 0 Å². The van der Waals surface area contributed by atoms with Crippen molar-refractivity contribution in [2.45, 2.75) is 31.8 Å². The molecule has 1 aromatic carbocycles. The Hall–Kier alpha value is -1.13. The average molecular weight is 241 g/mol. The molecule has 0 saturated heterocycles. The normalized spacial score (nSPS) is 17.1. The number of halogens is 1. The molecule has 0 amide bonds. The number of hydrogen-bond acceptors (Lipinski definition) is 3. The standard InChI is InChI=1S/C11H13ClN2O2/c1-11(4-5-11)13-7-8-6-9(14(15)16)2-3-10(8)12/h2-3,6,13H,4-5,7H2,1H3. The first kappa shape index (κ1) is 11.4. The van der Waals surface area contributed by atoms with E-state index >= 15 is 0 Å². The van der Waals surface area contributed by atoms with E-state index in [0.717, 1.165) is 18.4 Å². The van der Waals surface area contributed by atoms with E-state index in [2.05, 4.69) is 12.2 Å². The molecule has 0 bridgehead atoms. The predicted molar refractivity (Wildman–Crippen MR) is 62.6 cm³/mol. The monoisotopic (exact) mass is 240 g/mol. The van der Waals surface area contributed by atoms with E-state index in [1.165, 1.54) is 12.1 Å².